The van der Waals surface area contributed by atoms with E-state index in [1.54, 1.807) is 20.8 Å². The maximum Gasteiger partial charge on any atom is 0.179 e. The Labute approximate surface area is 121 Å². The number of rotatable bonds is 5. The number of nitrogens with zero attached hydrogens (tertiary/aromatic N) is 1. The third-order valence-corrected chi connectivity index (χ3v) is 2.49. The molecule has 1 unspecified atom stereocenters. The Hall–Kier alpha value is -0.126. The standard InChI is InChI=1S/C10H17NO4.Y/c1-7(10(2,3)15-5)9(14)11(4)6-8(12)13;/h6-7H,4H2,1-3,5H3,(H,12,13);/q-2;. The van der Waals surface area contributed by atoms with Gasteiger partial charge in [0.2, 0.25) is 0 Å². The van der Waals surface area contributed by atoms with Gasteiger partial charge in [-0.25, -0.2) is 6.54 Å². The van der Waals surface area contributed by atoms with Crippen LogP contribution in [0.3, 0.4) is 0 Å². The normalized spacial score (nSPS) is 12.3. The largest absolute Gasteiger partial charge is 0.616 e. The molecule has 0 rings (SSSR count). The quantitative estimate of drug-likeness (QED) is 0.767. The Balaban J connectivity index is 0. The van der Waals surface area contributed by atoms with Crippen molar-refractivity contribution in [1.82, 2.24) is 4.90 Å². The van der Waals surface area contributed by atoms with E-state index in [4.69, 9.17) is 9.84 Å². The summed E-state index contributed by atoms with van der Waals surface area (Å²) in [6.07, 6.45) is 0. The van der Waals surface area contributed by atoms with E-state index in [1.807, 2.05) is 0 Å². The third-order valence-electron chi connectivity index (χ3n) is 2.49. The number of carboxylic acid groups (broad SMARTS) is 1. The van der Waals surface area contributed by atoms with Gasteiger partial charge in [-0.05, 0) is 13.8 Å². The van der Waals surface area contributed by atoms with Gasteiger partial charge in [0.15, 0.2) is 11.9 Å². The van der Waals surface area contributed by atoms with Gasteiger partial charge in [0, 0.05) is 39.8 Å². The molecule has 0 aromatic rings. The van der Waals surface area contributed by atoms with Crippen LogP contribution in [0.15, 0.2) is 0 Å². The Morgan fingerprint density at radius 3 is 2.25 bits per heavy atom. The summed E-state index contributed by atoms with van der Waals surface area (Å²) in [5.74, 6) is -2.08. The van der Waals surface area contributed by atoms with E-state index in [1.165, 1.54) is 7.11 Å². The van der Waals surface area contributed by atoms with Gasteiger partial charge in [-0.3, -0.25) is 16.6 Å². The molecule has 0 aliphatic rings. The van der Waals surface area contributed by atoms with Gasteiger partial charge < -0.3 is 14.7 Å². The first-order valence-electron chi connectivity index (χ1n) is 4.49. The van der Waals surface area contributed by atoms with Crippen LogP contribution in [0.1, 0.15) is 20.8 Å². The van der Waals surface area contributed by atoms with Gasteiger partial charge in [0.05, 0.1) is 11.5 Å². The maximum absolute atomic E-state index is 11.7. The van der Waals surface area contributed by atoms with Crippen molar-refractivity contribution < 1.29 is 52.1 Å². The summed E-state index contributed by atoms with van der Waals surface area (Å²) in [5, 5.41) is 8.45. The molecule has 0 spiro atoms. The number of amides is 1. The van der Waals surface area contributed by atoms with Gasteiger partial charge in [-0.1, -0.05) is 6.92 Å². The molecule has 16 heavy (non-hydrogen) atoms. The minimum atomic E-state index is -1.21. The smallest absolute Gasteiger partial charge is 0.179 e. The molecule has 0 saturated heterocycles. The van der Waals surface area contributed by atoms with Gasteiger partial charge in [0.1, 0.15) is 0 Å². The monoisotopic (exact) mass is 304 g/mol. The first kappa shape index (κ1) is 18.2. The number of carbonyl (C=O) groups excluding carboxylic acids is 1. The van der Waals surface area contributed by atoms with Gasteiger partial charge >= 0.3 is 0 Å². The maximum atomic E-state index is 11.7. The molecule has 1 atom stereocenters. The summed E-state index contributed by atoms with van der Waals surface area (Å²) in [6.45, 7) is 5.90. The molecule has 0 saturated carbocycles. The molecule has 0 bridgehead atoms. The number of aliphatic carboxylic acids is 1. The zero-order valence-electron chi connectivity index (χ0n) is 10.1. The molecular formula is C10H17NO4Y-2. The van der Waals surface area contributed by atoms with Crippen LogP contribution in [-0.4, -0.2) is 34.6 Å². The molecule has 0 heterocycles. The molecule has 1 radical (unpaired) electrons. The van der Waals surface area contributed by atoms with Crippen LogP contribution in [0.2, 0.25) is 0 Å². The van der Waals surface area contributed by atoms with Crippen LogP contribution in [0.5, 0.6) is 0 Å². The van der Waals surface area contributed by atoms with Crippen molar-refractivity contribution in [2.24, 2.45) is 5.92 Å². The van der Waals surface area contributed by atoms with Crippen molar-refractivity contribution in [1.29, 1.82) is 0 Å². The second-order valence-corrected chi connectivity index (χ2v) is 3.80. The van der Waals surface area contributed by atoms with Crippen molar-refractivity contribution in [2.45, 2.75) is 26.4 Å². The summed E-state index contributed by atoms with van der Waals surface area (Å²) in [6, 6.07) is 0. The third kappa shape index (κ3) is 5.28. The Kier molecular flexibility index (Phi) is 8.27. The molecule has 6 heteroatoms. The van der Waals surface area contributed by atoms with E-state index in [-0.39, 0.29) is 32.7 Å². The molecule has 0 aromatic carbocycles. The predicted molar refractivity (Wildman–Crippen MR) is 54.4 cm³/mol. The van der Waals surface area contributed by atoms with E-state index in [0.717, 1.165) is 11.4 Å². The molecule has 0 aliphatic carbocycles. The number of hydrogen-bond donors (Lipinski definition) is 1. The summed E-state index contributed by atoms with van der Waals surface area (Å²) < 4.78 is 5.14. The number of carboxylic acids is 1. The summed E-state index contributed by atoms with van der Waals surface area (Å²) in [7, 11) is 4.84. The van der Waals surface area contributed by atoms with E-state index in [2.05, 4.69) is 7.05 Å². The van der Waals surface area contributed by atoms with Crippen molar-refractivity contribution in [3.8, 4) is 0 Å². The van der Waals surface area contributed by atoms with Crippen LogP contribution in [0.25, 0.3) is 0 Å². The van der Waals surface area contributed by atoms with E-state index >= 15 is 0 Å². The second-order valence-electron chi connectivity index (χ2n) is 3.80. The van der Waals surface area contributed by atoms with Crippen molar-refractivity contribution in [3.63, 3.8) is 0 Å². The van der Waals surface area contributed by atoms with Crippen LogP contribution < -0.4 is 0 Å². The van der Waals surface area contributed by atoms with Gasteiger partial charge in [-0.2, -0.15) is 0 Å². The average Bonchev–Trinajstić information content (AvgIpc) is 2.14. The van der Waals surface area contributed by atoms with Crippen LogP contribution >= 0.6 is 0 Å². The molecular weight excluding hydrogens is 287 g/mol. The van der Waals surface area contributed by atoms with E-state index in [9.17, 15) is 9.59 Å². The number of ether oxygens (including phenoxy) is 1. The fraction of sp³-hybridized carbons (Fsp3) is 0.600. The first-order chi connectivity index (χ1) is 6.72. The summed E-state index contributed by atoms with van der Waals surface area (Å²) in [5.41, 5.74) is -0.653. The first-order valence-corrected chi connectivity index (χ1v) is 4.49. The zero-order valence-corrected chi connectivity index (χ0v) is 12.9. The molecule has 0 aromatic heterocycles. The second kappa shape index (κ2) is 7.25. The predicted octanol–water partition coefficient (Wildman–Crippen LogP) is 0.912. The minimum Gasteiger partial charge on any atom is -0.616 e. The number of hydrogen-bond acceptors (Lipinski definition) is 3. The Bertz CT molecular complexity index is 255. The zero-order chi connectivity index (χ0) is 12.2. The summed E-state index contributed by atoms with van der Waals surface area (Å²) >= 11 is 0. The molecule has 0 aliphatic heterocycles. The van der Waals surface area contributed by atoms with E-state index in [0.29, 0.717) is 0 Å². The topological polar surface area (TPSA) is 66.8 Å². The van der Waals surface area contributed by atoms with Crippen LogP contribution in [-0.2, 0) is 47.0 Å². The molecule has 0 fully saturated rings. The molecule has 91 valence electrons. The number of carbonyl (C=O) groups is 2. The van der Waals surface area contributed by atoms with Crippen molar-refractivity contribution in [3.05, 3.63) is 13.6 Å². The molecule has 1 amide bonds. The fourth-order valence-electron chi connectivity index (χ4n) is 0.920. The molecule has 1 N–H and O–H groups in total. The number of methoxy groups -OCH3 is 1. The average molecular weight is 304 g/mol. The summed E-state index contributed by atoms with van der Waals surface area (Å²) in [4.78, 5) is 22.8. The SMILES string of the molecule is [CH2-]N([CH-]C(=O)O)C(=O)C(C)C(C)(C)OC.[Y]. The molecule has 5 nitrogen and oxygen atoms in total. The van der Waals surface area contributed by atoms with Crippen molar-refractivity contribution >= 4 is 11.9 Å². The van der Waals surface area contributed by atoms with Crippen LogP contribution in [0.4, 0.5) is 0 Å². The minimum absolute atomic E-state index is 0. The van der Waals surface area contributed by atoms with Crippen molar-refractivity contribution in [2.75, 3.05) is 7.11 Å². The van der Waals surface area contributed by atoms with Gasteiger partial charge in [-0.15, -0.1) is 0 Å². The van der Waals surface area contributed by atoms with E-state index < -0.39 is 23.4 Å². The van der Waals surface area contributed by atoms with Crippen LogP contribution in [0, 0.1) is 19.5 Å². The Morgan fingerprint density at radius 1 is 1.50 bits per heavy atom. The fourth-order valence-corrected chi connectivity index (χ4v) is 0.920. The van der Waals surface area contributed by atoms with Gasteiger partial charge in [0.25, 0.3) is 0 Å². The Morgan fingerprint density at radius 2 is 1.94 bits per heavy atom.